The maximum Gasteiger partial charge on any atom is 0.327 e. The fraction of sp³-hybridized carbons (Fsp3) is 0.514. The molecule has 264 valence electrons. The topological polar surface area (TPSA) is 145 Å². The number of fused-ring (bicyclic) bond motifs is 5. The molecule has 4 rings (SSSR count). The van der Waals surface area contributed by atoms with Crippen molar-refractivity contribution in [3.8, 4) is 22.5 Å². The van der Waals surface area contributed by atoms with Gasteiger partial charge in [-0.05, 0) is 38.9 Å². The van der Waals surface area contributed by atoms with Crippen molar-refractivity contribution in [2.24, 2.45) is 11.3 Å². The zero-order valence-electron chi connectivity index (χ0n) is 29.8. The van der Waals surface area contributed by atoms with E-state index in [1.54, 1.807) is 16.6 Å². The van der Waals surface area contributed by atoms with Crippen LogP contribution in [0.4, 0.5) is 5.69 Å². The van der Waals surface area contributed by atoms with Crippen molar-refractivity contribution >= 4 is 29.3 Å². The van der Waals surface area contributed by atoms with Crippen LogP contribution in [0, 0.1) is 11.3 Å². The van der Waals surface area contributed by atoms with Gasteiger partial charge in [0.05, 0.1) is 30.1 Å². The standard InChI is InChI=1S/C37H50N6O6/c1-25(2)35(47)36(3,4)24-49-37(5,6)18-19-39-30(44)16-17-31(45)42-22-26-12-8-9-13-27(26)34-33(28-14-10-11-15-29(28)42)40-41-43(34)23-32(46)48-21-20-38-7/h8-15,25,38H,16-24H2,1-7H3,(H,39,44). The van der Waals surface area contributed by atoms with Gasteiger partial charge < -0.3 is 25.0 Å². The van der Waals surface area contributed by atoms with E-state index in [4.69, 9.17) is 9.47 Å². The summed E-state index contributed by atoms with van der Waals surface area (Å²) in [7, 11) is 1.78. The van der Waals surface area contributed by atoms with Crippen molar-refractivity contribution in [3.63, 3.8) is 0 Å². The lowest BCUT2D eigenvalue weighted by Gasteiger charge is -2.32. The molecule has 2 amide bonds. The number of carbonyl (C=O) groups excluding carboxylic acids is 4. The van der Waals surface area contributed by atoms with Crippen molar-refractivity contribution in [1.82, 2.24) is 25.6 Å². The molecule has 0 bridgehead atoms. The second-order valence-corrected chi connectivity index (χ2v) is 14.0. The summed E-state index contributed by atoms with van der Waals surface area (Å²) in [5.41, 5.74) is 3.06. The molecule has 2 heterocycles. The quantitative estimate of drug-likeness (QED) is 0.165. The van der Waals surface area contributed by atoms with E-state index in [0.717, 1.165) is 11.1 Å². The molecule has 12 nitrogen and oxygen atoms in total. The van der Waals surface area contributed by atoms with Gasteiger partial charge in [-0.2, -0.15) is 0 Å². The molecule has 49 heavy (non-hydrogen) atoms. The molecule has 0 radical (unpaired) electrons. The summed E-state index contributed by atoms with van der Waals surface area (Å²) in [5.74, 6) is -0.787. The number of carbonyl (C=O) groups is 4. The smallest absolute Gasteiger partial charge is 0.327 e. The number of nitrogens with zero attached hydrogens (tertiary/aromatic N) is 4. The third-order valence-electron chi connectivity index (χ3n) is 8.61. The fourth-order valence-corrected chi connectivity index (χ4v) is 5.83. The molecule has 0 aliphatic carbocycles. The van der Waals surface area contributed by atoms with Gasteiger partial charge in [0.1, 0.15) is 24.6 Å². The van der Waals surface area contributed by atoms with Gasteiger partial charge in [-0.15, -0.1) is 5.10 Å². The number of esters is 1. The molecule has 2 N–H and O–H groups in total. The Kier molecular flexibility index (Phi) is 12.5. The highest BCUT2D eigenvalue weighted by Crippen LogP contribution is 2.41. The highest BCUT2D eigenvalue weighted by Gasteiger charge is 2.33. The van der Waals surface area contributed by atoms with Crippen molar-refractivity contribution in [1.29, 1.82) is 0 Å². The number of likely N-dealkylation sites (N-methyl/N-ethyl adjacent to an activating group) is 1. The average molecular weight is 675 g/mol. The van der Waals surface area contributed by atoms with Gasteiger partial charge in [0, 0.05) is 48.4 Å². The van der Waals surface area contributed by atoms with Crippen LogP contribution in [-0.2, 0) is 41.7 Å². The minimum atomic E-state index is -0.599. The number of para-hydroxylation sites is 1. The van der Waals surface area contributed by atoms with E-state index >= 15 is 0 Å². The third-order valence-corrected chi connectivity index (χ3v) is 8.61. The largest absolute Gasteiger partial charge is 0.463 e. The van der Waals surface area contributed by atoms with Crippen molar-refractivity contribution in [2.45, 2.75) is 79.5 Å². The maximum absolute atomic E-state index is 13.8. The first-order chi connectivity index (χ1) is 23.2. The van der Waals surface area contributed by atoms with Crippen LogP contribution in [-0.4, -0.2) is 77.5 Å². The van der Waals surface area contributed by atoms with Crippen LogP contribution in [0.5, 0.6) is 0 Å². The highest BCUT2D eigenvalue weighted by atomic mass is 16.5. The van der Waals surface area contributed by atoms with Gasteiger partial charge in [-0.25, -0.2) is 4.68 Å². The van der Waals surface area contributed by atoms with Crippen molar-refractivity contribution in [3.05, 3.63) is 54.1 Å². The molecule has 1 aliphatic heterocycles. The highest BCUT2D eigenvalue weighted by molar-refractivity contribution is 6.01. The Hall–Kier alpha value is -4.42. The predicted octanol–water partition coefficient (Wildman–Crippen LogP) is 4.55. The lowest BCUT2D eigenvalue weighted by Crippen LogP contribution is -2.39. The third kappa shape index (κ3) is 9.60. The van der Waals surface area contributed by atoms with E-state index in [0.29, 0.717) is 48.8 Å². The summed E-state index contributed by atoms with van der Waals surface area (Å²) in [6.45, 7) is 13.0. The van der Waals surface area contributed by atoms with E-state index < -0.39 is 17.0 Å². The van der Waals surface area contributed by atoms with Gasteiger partial charge in [-0.3, -0.25) is 19.2 Å². The molecule has 12 heteroatoms. The van der Waals surface area contributed by atoms with E-state index in [9.17, 15) is 19.2 Å². The molecule has 0 saturated heterocycles. The van der Waals surface area contributed by atoms with E-state index in [1.165, 1.54) is 0 Å². The van der Waals surface area contributed by atoms with Crippen LogP contribution in [0.25, 0.3) is 22.5 Å². The average Bonchev–Trinajstić information content (AvgIpc) is 3.46. The Labute approximate surface area is 288 Å². The summed E-state index contributed by atoms with van der Waals surface area (Å²) in [6, 6.07) is 15.1. The van der Waals surface area contributed by atoms with Gasteiger partial charge in [0.2, 0.25) is 11.8 Å². The number of hydrogen-bond acceptors (Lipinski definition) is 9. The number of amides is 2. The lowest BCUT2D eigenvalue weighted by atomic mass is 9.83. The van der Waals surface area contributed by atoms with Crippen LogP contribution in [0.1, 0.15) is 66.4 Å². The Morgan fingerprint density at radius 1 is 0.939 bits per heavy atom. The summed E-state index contributed by atoms with van der Waals surface area (Å²) < 4.78 is 13.0. The Balaban J connectivity index is 1.44. The number of ether oxygens (including phenoxy) is 2. The summed E-state index contributed by atoms with van der Waals surface area (Å²) in [6.07, 6.45) is 0.574. The monoisotopic (exact) mass is 674 g/mol. The first kappa shape index (κ1) is 37.4. The number of nitrogens with one attached hydrogen (secondary N) is 2. The molecule has 1 aromatic heterocycles. The van der Waals surface area contributed by atoms with Gasteiger partial charge >= 0.3 is 5.97 Å². The number of ketones is 1. The number of benzene rings is 2. The molecular weight excluding hydrogens is 624 g/mol. The van der Waals surface area contributed by atoms with E-state index in [-0.39, 0.29) is 56.1 Å². The number of hydrogen-bond donors (Lipinski definition) is 2. The summed E-state index contributed by atoms with van der Waals surface area (Å²) in [4.78, 5) is 53.6. The van der Waals surface area contributed by atoms with Crippen LogP contribution >= 0.6 is 0 Å². The second kappa shape index (κ2) is 16.3. The number of rotatable bonds is 16. The van der Waals surface area contributed by atoms with Crippen LogP contribution < -0.4 is 15.5 Å². The number of anilines is 1. The Morgan fingerprint density at radius 3 is 2.35 bits per heavy atom. The molecule has 0 atom stereocenters. The first-order valence-electron chi connectivity index (χ1n) is 16.9. The normalized spacial score (nSPS) is 12.8. The minimum absolute atomic E-state index is 0.00569. The molecule has 0 unspecified atom stereocenters. The molecule has 0 spiro atoms. The predicted molar refractivity (Wildman–Crippen MR) is 187 cm³/mol. The number of aromatic nitrogens is 3. The van der Waals surface area contributed by atoms with Gasteiger partial charge in [-0.1, -0.05) is 75.4 Å². The maximum atomic E-state index is 13.8. The second-order valence-electron chi connectivity index (χ2n) is 14.0. The van der Waals surface area contributed by atoms with E-state index in [1.807, 2.05) is 90.1 Å². The number of Topliss-reactive ketones (excluding diaryl/α,β-unsaturated/α-hetero) is 1. The summed E-state index contributed by atoms with van der Waals surface area (Å²) in [5, 5.41) is 14.7. The van der Waals surface area contributed by atoms with Crippen molar-refractivity contribution < 1.29 is 28.7 Å². The molecule has 0 fully saturated rings. The molecule has 1 aliphatic rings. The lowest BCUT2D eigenvalue weighted by molar-refractivity contribution is -0.144. The summed E-state index contributed by atoms with van der Waals surface area (Å²) >= 11 is 0. The first-order valence-corrected chi connectivity index (χ1v) is 16.9. The molecular formula is C37H50N6O6. The Morgan fingerprint density at radius 2 is 1.63 bits per heavy atom. The Bertz CT molecular complexity index is 1650. The van der Waals surface area contributed by atoms with E-state index in [2.05, 4.69) is 20.9 Å². The van der Waals surface area contributed by atoms with Gasteiger partial charge in [0.25, 0.3) is 0 Å². The minimum Gasteiger partial charge on any atom is -0.463 e. The van der Waals surface area contributed by atoms with Crippen molar-refractivity contribution in [2.75, 3.05) is 38.3 Å². The van der Waals surface area contributed by atoms with Crippen LogP contribution in [0.3, 0.4) is 0 Å². The molecule has 2 aromatic carbocycles. The molecule has 3 aromatic rings. The fourth-order valence-electron chi connectivity index (χ4n) is 5.83. The zero-order valence-corrected chi connectivity index (χ0v) is 29.8. The van der Waals surface area contributed by atoms with Crippen LogP contribution in [0.15, 0.2) is 48.5 Å². The zero-order chi connectivity index (χ0) is 35.8. The molecule has 0 saturated carbocycles. The SMILES string of the molecule is CNCCOC(=O)Cn1nnc2c1-c1ccccc1CN(C(=O)CCC(=O)NCCC(C)(C)OCC(C)(C)C(=O)C(C)C)c1ccccc1-2. The van der Waals surface area contributed by atoms with Gasteiger partial charge in [0.15, 0.2) is 0 Å². The van der Waals surface area contributed by atoms with Crippen LogP contribution in [0.2, 0.25) is 0 Å².